The molecule has 0 fully saturated rings. The number of benzene rings is 1. The Morgan fingerprint density at radius 1 is 1.21 bits per heavy atom. The summed E-state index contributed by atoms with van der Waals surface area (Å²) < 4.78 is 0. The van der Waals surface area contributed by atoms with Crippen LogP contribution in [0.2, 0.25) is 0 Å². The standard InChI is InChI=1S/C7H4N2O7.C6H8N2/c10-6-4(7(11)12)1-3(8(13)14)2-5(6)9(15)16;1-5-2-3-6(7)8-4-5/h1-2,10H,(H,11,12);2-4H,1H3,(H2,7,8). The van der Waals surface area contributed by atoms with Crippen molar-refractivity contribution in [3.63, 3.8) is 0 Å². The molecule has 1 aromatic carbocycles. The Morgan fingerprint density at radius 2 is 1.83 bits per heavy atom. The van der Waals surface area contributed by atoms with E-state index in [1.807, 2.05) is 25.3 Å². The molecule has 0 radical (unpaired) electrons. The highest BCUT2D eigenvalue weighted by molar-refractivity contribution is 5.93. The van der Waals surface area contributed by atoms with Gasteiger partial charge in [-0.1, -0.05) is 0 Å². The molecule has 0 spiro atoms. The van der Waals surface area contributed by atoms with Crippen LogP contribution in [0.15, 0.2) is 30.5 Å². The number of aromatic amines is 1. The number of aryl methyl sites for hydroxylation is 1. The number of nitrogens with one attached hydrogen (secondary N) is 1. The van der Waals surface area contributed by atoms with E-state index in [1.54, 1.807) is 0 Å². The first kappa shape index (κ1) is 18.3. The number of nitrogen functional groups attached to an aromatic ring is 1. The Bertz CT molecular complexity index is 733. The smallest absolute Gasteiger partial charge is 0.335 e. The van der Waals surface area contributed by atoms with Crippen molar-refractivity contribution in [1.82, 2.24) is 0 Å². The van der Waals surface area contributed by atoms with Crippen LogP contribution < -0.4 is 15.8 Å². The number of non-ortho nitro benzene ring substituents is 1. The van der Waals surface area contributed by atoms with Crippen molar-refractivity contribution >= 4 is 23.2 Å². The van der Waals surface area contributed by atoms with Crippen LogP contribution in [0.25, 0.3) is 0 Å². The number of carbonyl (C=O) groups is 1. The van der Waals surface area contributed by atoms with Crippen molar-refractivity contribution in [2.45, 2.75) is 6.92 Å². The third-order valence-corrected chi connectivity index (χ3v) is 2.68. The molecule has 11 nitrogen and oxygen atoms in total. The molecule has 11 heteroatoms. The lowest BCUT2D eigenvalue weighted by molar-refractivity contribution is -0.403. The summed E-state index contributed by atoms with van der Waals surface area (Å²) in [6.07, 6.45) is 1.87. The molecule has 0 saturated heterocycles. The molecule has 24 heavy (non-hydrogen) atoms. The van der Waals surface area contributed by atoms with Gasteiger partial charge in [0, 0.05) is 12.1 Å². The fourth-order valence-electron chi connectivity index (χ4n) is 1.51. The molecule has 0 aliphatic carbocycles. The van der Waals surface area contributed by atoms with E-state index in [2.05, 4.69) is 4.98 Å². The maximum absolute atomic E-state index is 11.2. The molecule has 0 amide bonds. The lowest BCUT2D eigenvalue weighted by Gasteiger charge is -2.09. The van der Waals surface area contributed by atoms with Crippen LogP contribution in [0.4, 0.5) is 17.2 Å². The Hall–Kier alpha value is -3.76. The first-order valence-electron chi connectivity index (χ1n) is 6.24. The summed E-state index contributed by atoms with van der Waals surface area (Å²) in [5, 5.41) is 40.4. The highest BCUT2D eigenvalue weighted by Gasteiger charge is 2.21. The van der Waals surface area contributed by atoms with Gasteiger partial charge in [-0.05, 0) is 24.3 Å². The van der Waals surface area contributed by atoms with Gasteiger partial charge in [-0.2, -0.15) is 0 Å². The average molecular weight is 336 g/mol. The molecule has 0 aliphatic heterocycles. The topological polar surface area (TPSA) is 187 Å². The number of anilines is 1. The van der Waals surface area contributed by atoms with Crippen molar-refractivity contribution < 1.29 is 29.8 Å². The first-order chi connectivity index (χ1) is 11.1. The van der Waals surface area contributed by atoms with E-state index >= 15 is 0 Å². The minimum absolute atomic E-state index is 0.425. The van der Waals surface area contributed by atoms with Crippen molar-refractivity contribution in [1.29, 1.82) is 0 Å². The molecule has 2 rings (SSSR count). The van der Waals surface area contributed by atoms with Gasteiger partial charge < -0.3 is 10.2 Å². The second-order valence-electron chi connectivity index (χ2n) is 4.48. The number of nitrogens with two attached hydrogens (primary N) is 1. The molecular formula is C13H12N4O7. The summed E-state index contributed by atoms with van der Waals surface area (Å²) in [4.78, 5) is 31.9. The molecule has 2 aromatic rings. The SMILES string of the molecule is Cc1ccc(N)[nH+]c1.O=C(O)c1cc([N+](=O)[O-])cc([N+](=O)[O-])c1[O-]. The minimum atomic E-state index is -1.75. The fraction of sp³-hybridized carbons (Fsp3) is 0.0769. The molecule has 0 unspecified atom stereocenters. The zero-order chi connectivity index (χ0) is 18.4. The third-order valence-electron chi connectivity index (χ3n) is 2.68. The van der Waals surface area contributed by atoms with Crippen molar-refractivity contribution in [2.75, 3.05) is 5.73 Å². The monoisotopic (exact) mass is 336 g/mol. The van der Waals surface area contributed by atoms with Gasteiger partial charge in [0.05, 0.1) is 27.7 Å². The lowest BCUT2D eigenvalue weighted by Crippen LogP contribution is -2.08. The number of nitro benzene ring substituents is 2. The van der Waals surface area contributed by atoms with Gasteiger partial charge in [-0.25, -0.2) is 9.78 Å². The zero-order valence-corrected chi connectivity index (χ0v) is 12.3. The lowest BCUT2D eigenvalue weighted by atomic mass is 10.1. The molecule has 0 bridgehead atoms. The van der Waals surface area contributed by atoms with E-state index in [1.165, 1.54) is 5.56 Å². The molecule has 0 saturated carbocycles. The quantitative estimate of drug-likeness (QED) is 0.604. The van der Waals surface area contributed by atoms with E-state index in [0.717, 1.165) is 0 Å². The second-order valence-corrected chi connectivity index (χ2v) is 4.48. The Labute approximate surface area is 134 Å². The number of hydrogen-bond donors (Lipinski definition) is 2. The van der Waals surface area contributed by atoms with Crippen LogP contribution >= 0.6 is 0 Å². The fourth-order valence-corrected chi connectivity index (χ4v) is 1.51. The maximum Gasteiger partial charge on any atom is 0.335 e. The van der Waals surface area contributed by atoms with Crippen molar-refractivity contribution in [3.8, 4) is 5.75 Å². The molecule has 1 heterocycles. The average Bonchev–Trinajstić information content (AvgIpc) is 2.50. The molecular weight excluding hydrogens is 324 g/mol. The van der Waals surface area contributed by atoms with E-state index in [4.69, 9.17) is 10.8 Å². The molecule has 0 aliphatic rings. The zero-order valence-electron chi connectivity index (χ0n) is 12.3. The first-order valence-corrected chi connectivity index (χ1v) is 6.24. The predicted octanol–water partition coefficient (Wildman–Crippen LogP) is 0.666. The van der Waals surface area contributed by atoms with Crippen LogP contribution in [-0.4, -0.2) is 20.9 Å². The second kappa shape index (κ2) is 7.49. The van der Waals surface area contributed by atoms with Crippen molar-refractivity contribution in [3.05, 3.63) is 61.8 Å². The number of pyridine rings is 1. The third kappa shape index (κ3) is 4.62. The number of nitro groups is 2. The number of H-pyrrole nitrogens is 1. The van der Waals surface area contributed by atoms with Crippen LogP contribution in [0.1, 0.15) is 15.9 Å². The van der Waals surface area contributed by atoms with E-state index in [-0.39, 0.29) is 0 Å². The van der Waals surface area contributed by atoms with Gasteiger partial charge in [0.1, 0.15) is 0 Å². The number of carboxylic acid groups (broad SMARTS) is 1. The maximum atomic E-state index is 11.2. The van der Waals surface area contributed by atoms with Gasteiger partial charge >= 0.3 is 5.97 Å². The van der Waals surface area contributed by atoms with E-state index < -0.39 is 38.5 Å². The number of aromatic carboxylic acids is 1. The van der Waals surface area contributed by atoms with Crippen LogP contribution in [0.5, 0.6) is 5.75 Å². The van der Waals surface area contributed by atoms with Gasteiger partial charge in [0.2, 0.25) is 0 Å². The summed E-state index contributed by atoms with van der Waals surface area (Å²) in [5.41, 5.74) is 3.62. The van der Waals surface area contributed by atoms with Gasteiger partial charge in [-0.15, -0.1) is 0 Å². The van der Waals surface area contributed by atoms with Gasteiger partial charge in [0.15, 0.2) is 0 Å². The predicted molar refractivity (Wildman–Crippen MR) is 78.3 cm³/mol. The molecule has 4 N–H and O–H groups in total. The normalized spacial score (nSPS) is 9.54. The highest BCUT2D eigenvalue weighted by Crippen LogP contribution is 2.31. The minimum Gasteiger partial charge on any atom is -0.867 e. The Morgan fingerprint density at radius 3 is 2.21 bits per heavy atom. The van der Waals surface area contributed by atoms with Crippen LogP contribution in [0.3, 0.4) is 0 Å². The highest BCUT2D eigenvalue weighted by atomic mass is 16.6. The largest absolute Gasteiger partial charge is 0.867 e. The summed E-state index contributed by atoms with van der Waals surface area (Å²) in [6, 6.07) is 4.72. The van der Waals surface area contributed by atoms with Gasteiger partial charge in [0.25, 0.3) is 17.2 Å². The summed E-state index contributed by atoms with van der Waals surface area (Å²) in [5.74, 6) is -2.41. The Kier molecular flexibility index (Phi) is 5.71. The molecule has 0 atom stereocenters. The summed E-state index contributed by atoms with van der Waals surface area (Å²) in [6.45, 7) is 2.01. The molecule has 126 valence electrons. The molecule has 1 aromatic heterocycles. The van der Waals surface area contributed by atoms with E-state index in [9.17, 15) is 30.1 Å². The Balaban J connectivity index is 0.000000300. The summed E-state index contributed by atoms with van der Waals surface area (Å²) in [7, 11) is 0. The number of nitrogens with zero attached hydrogens (tertiary/aromatic N) is 2. The summed E-state index contributed by atoms with van der Waals surface area (Å²) >= 11 is 0. The number of rotatable bonds is 3. The van der Waals surface area contributed by atoms with Gasteiger partial charge in [-0.3, -0.25) is 26.0 Å². The van der Waals surface area contributed by atoms with E-state index in [0.29, 0.717) is 18.0 Å². The number of hydrogen-bond acceptors (Lipinski definition) is 7. The van der Waals surface area contributed by atoms with Crippen LogP contribution in [0, 0.1) is 27.2 Å². The van der Waals surface area contributed by atoms with Crippen LogP contribution in [-0.2, 0) is 0 Å². The number of carboxylic acids is 1. The number of aromatic nitrogens is 1. The van der Waals surface area contributed by atoms with Crippen molar-refractivity contribution in [2.24, 2.45) is 0 Å².